The van der Waals surface area contributed by atoms with Crippen molar-refractivity contribution in [3.63, 3.8) is 0 Å². The molecule has 1 aliphatic rings. The first-order valence-electron chi connectivity index (χ1n) is 7.00. The smallest absolute Gasteiger partial charge is 0.0678 e. The highest BCUT2D eigenvalue weighted by molar-refractivity contribution is 6.30. The van der Waals surface area contributed by atoms with Crippen molar-refractivity contribution in [2.45, 2.75) is 51.6 Å². The molecular weight excluding hydrogens is 244 g/mol. The Morgan fingerprint density at radius 2 is 1.83 bits per heavy atom. The maximum atomic E-state index is 10.8. The van der Waals surface area contributed by atoms with Crippen molar-refractivity contribution >= 4 is 11.6 Å². The standard InChI is InChI=1S/C16H23ClO/c1-3-13-5-4-6-14(16(13,2)18)11-12-7-9-15(17)10-8-12/h7-10,13-14,18H,3-6,11H2,1-2H3. The summed E-state index contributed by atoms with van der Waals surface area (Å²) >= 11 is 5.91. The van der Waals surface area contributed by atoms with E-state index in [1.165, 1.54) is 18.4 Å². The van der Waals surface area contributed by atoms with Crippen LogP contribution in [-0.2, 0) is 6.42 Å². The summed E-state index contributed by atoms with van der Waals surface area (Å²) in [5.41, 5.74) is 0.758. The van der Waals surface area contributed by atoms with E-state index in [9.17, 15) is 5.11 Å². The monoisotopic (exact) mass is 266 g/mol. The van der Waals surface area contributed by atoms with Crippen molar-refractivity contribution in [1.82, 2.24) is 0 Å². The molecule has 0 aromatic heterocycles. The summed E-state index contributed by atoms with van der Waals surface area (Å²) in [6.07, 6.45) is 5.57. The molecule has 1 N–H and O–H groups in total. The second-order valence-electron chi connectivity index (χ2n) is 5.79. The number of halogens is 1. The van der Waals surface area contributed by atoms with Crippen molar-refractivity contribution < 1.29 is 5.11 Å². The van der Waals surface area contributed by atoms with Gasteiger partial charge in [-0.2, -0.15) is 0 Å². The van der Waals surface area contributed by atoms with E-state index in [-0.39, 0.29) is 0 Å². The van der Waals surface area contributed by atoms with Crippen molar-refractivity contribution in [2.24, 2.45) is 11.8 Å². The Labute approximate surface area is 115 Å². The Hall–Kier alpha value is -0.530. The molecule has 0 aliphatic heterocycles. The van der Waals surface area contributed by atoms with Crippen LogP contribution in [0, 0.1) is 11.8 Å². The van der Waals surface area contributed by atoms with Crippen LogP contribution in [0.2, 0.25) is 5.02 Å². The zero-order valence-electron chi connectivity index (χ0n) is 11.3. The molecule has 3 atom stereocenters. The van der Waals surface area contributed by atoms with E-state index in [0.717, 1.165) is 24.3 Å². The third-order valence-electron chi connectivity index (χ3n) is 4.65. The largest absolute Gasteiger partial charge is 0.390 e. The first-order valence-corrected chi connectivity index (χ1v) is 7.38. The number of benzene rings is 1. The highest BCUT2D eigenvalue weighted by Gasteiger charge is 2.41. The van der Waals surface area contributed by atoms with Gasteiger partial charge in [0.25, 0.3) is 0 Å². The van der Waals surface area contributed by atoms with Crippen LogP contribution in [0.1, 0.15) is 45.1 Å². The maximum absolute atomic E-state index is 10.8. The lowest BCUT2D eigenvalue weighted by Crippen LogP contribution is -2.46. The minimum atomic E-state index is -0.521. The Morgan fingerprint density at radius 3 is 2.44 bits per heavy atom. The summed E-state index contributed by atoms with van der Waals surface area (Å²) in [6, 6.07) is 8.03. The summed E-state index contributed by atoms with van der Waals surface area (Å²) in [7, 11) is 0. The second-order valence-corrected chi connectivity index (χ2v) is 6.23. The van der Waals surface area contributed by atoms with Crippen LogP contribution < -0.4 is 0 Å². The predicted molar refractivity (Wildman–Crippen MR) is 76.9 cm³/mol. The Bertz CT molecular complexity index is 383. The SMILES string of the molecule is CCC1CCCC(Cc2ccc(Cl)cc2)C1(C)O. The molecule has 0 bridgehead atoms. The summed E-state index contributed by atoms with van der Waals surface area (Å²) < 4.78 is 0. The molecule has 2 rings (SSSR count). The van der Waals surface area contributed by atoms with Gasteiger partial charge in [0.1, 0.15) is 0 Å². The molecule has 1 saturated carbocycles. The van der Waals surface area contributed by atoms with Crippen LogP contribution in [-0.4, -0.2) is 10.7 Å². The van der Waals surface area contributed by atoms with E-state index < -0.39 is 5.60 Å². The van der Waals surface area contributed by atoms with Gasteiger partial charge in [0.15, 0.2) is 0 Å². The quantitative estimate of drug-likeness (QED) is 0.856. The number of aliphatic hydroxyl groups is 1. The number of hydrogen-bond acceptors (Lipinski definition) is 1. The van der Waals surface area contributed by atoms with Gasteiger partial charge in [-0.3, -0.25) is 0 Å². The number of rotatable bonds is 3. The molecule has 1 aromatic carbocycles. The minimum Gasteiger partial charge on any atom is -0.390 e. The molecular formula is C16H23ClO. The molecule has 1 fully saturated rings. The number of hydrogen-bond donors (Lipinski definition) is 1. The van der Waals surface area contributed by atoms with Gasteiger partial charge >= 0.3 is 0 Å². The normalized spacial score (nSPS) is 32.4. The zero-order chi connectivity index (χ0) is 13.2. The zero-order valence-corrected chi connectivity index (χ0v) is 12.1. The summed E-state index contributed by atoms with van der Waals surface area (Å²) in [4.78, 5) is 0. The Balaban J connectivity index is 2.10. The van der Waals surface area contributed by atoms with Crippen LogP contribution >= 0.6 is 11.6 Å². The molecule has 0 heterocycles. The molecule has 1 aliphatic carbocycles. The summed E-state index contributed by atoms with van der Waals surface area (Å²) in [5, 5.41) is 11.6. The van der Waals surface area contributed by atoms with Gasteiger partial charge in [-0.1, -0.05) is 43.5 Å². The lowest BCUT2D eigenvalue weighted by Gasteiger charge is -2.43. The van der Waals surface area contributed by atoms with Crippen LogP contribution in [0.3, 0.4) is 0 Å². The summed E-state index contributed by atoms with van der Waals surface area (Å²) in [6.45, 7) is 4.21. The van der Waals surface area contributed by atoms with Crippen LogP contribution in [0.25, 0.3) is 0 Å². The van der Waals surface area contributed by atoms with Gasteiger partial charge in [-0.05, 0) is 55.7 Å². The topological polar surface area (TPSA) is 20.2 Å². The van der Waals surface area contributed by atoms with Gasteiger partial charge < -0.3 is 5.11 Å². The molecule has 1 aromatic rings. The van der Waals surface area contributed by atoms with E-state index in [1.54, 1.807) is 0 Å². The lowest BCUT2D eigenvalue weighted by atomic mass is 9.66. The third kappa shape index (κ3) is 2.89. The maximum Gasteiger partial charge on any atom is 0.0678 e. The van der Waals surface area contributed by atoms with Gasteiger partial charge in [-0.15, -0.1) is 0 Å². The lowest BCUT2D eigenvalue weighted by molar-refractivity contribution is -0.0804. The van der Waals surface area contributed by atoms with Gasteiger partial charge in [0, 0.05) is 5.02 Å². The van der Waals surface area contributed by atoms with E-state index >= 15 is 0 Å². The van der Waals surface area contributed by atoms with Crippen LogP contribution in [0.15, 0.2) is 24.3 Å². The predicted octanol–water partition coefficient (Wildman–Crippen LogP) is 4.46. The van der Waals surface area contributed by atoms with E-state index in [4.69, 9.17) is 11.6 Å². The molecule has 0 saturated heterocycles. The highest BCUT2D eigenvalue weighted by atomic mass is 35.5. The molecule has 18 heavy (non-hydrogen) atoms. The van der Waals surface area contributed by atoms with Gasteiger partial charge in [0.05, 0.1) is 5.60 Å². The molecule has 0 radical (unpaired) electrons. The third-order valence-corrected chi connectivity index (χ3v) is 4.90. The fraction of sp³-hybridized carbons (Fsp3) is 0.625. The molecule has 3 unspecified atom stereocenters. The highest BCUT2D eigenvalue weighted by Crippen LogP contribution is 2.41. The first kappa shape index (κ1) is 13.9. The molecule has 0 amide bonds. The molecule has 100 valence electrons. The van der Waals surface area contributed by atoms with Crippen molar-refractivity contribution in [1.29, 1.82) is 0 Å². The fourth-order valence-corrected chi connectivity index (χ4v) is 3.49. The second kappa shape index (κ2) is 5.63. The summed E-state index contributed by atoms with van der Waals surface area (Å²) in [5.74, 6) is 0.820. The minimum absolute atomic E-state index is 0.373. The first-order chi connectivity index (χ1) is 8.54. The molecule has 1 nitrogen and oxygen atoms in total. The molecule has 2 heteroatoms. The Kier molecular flexibility index (Phi) is 4.34. The van der Waals surface area contributed by atoms with E-state index in [1.807, 2.05) is 19.1 Å². The van der Waals surface area contributed by atoms with Crippen molar-refractivity contribution in [3.05, 3.63) is 34.9 Å². The average molecular weight is 267 g/mol. The van der Waals surface area contributed by atoms with Gasteiger partial charge in [-0.25, -0.2) is 0 Å². The van der Waals surface area contributed by atoms with Crippen molar-refractivity contribution in [3.8, 4) is 0 Å². The van der Waals surface area contributed by atoms with Crippen molar-refractivity contribution in [2.75, 3.05) is 0 Å². The van der Waals surface area contributed by atoms with Crippen LogP contribution in [0.4, 0.5) is 0 Å². The van der Waals surface area contributed by atoms with Gasteiger partial charge in [0.2, 0.25) is 0 Å². The fourth-order valence-electron chi connectivity index (χ4n) is 3.36. The van der Waals surface area contributed by atoms with Crippen LogP contribution in [0.5, 0.6) is 0 Å². The average Bonchev–Trinajstić information content (AvgIpc) is 2.34. The van der Waals surface area contributed by atoms with E-state index in [0.29, 0.717) is 11.8 Å². The Morgan fingerprint density at radius 1 is 1.22 bits per heavy atom. The molecule has 0 spiro atoms. The van der Waals surface area contributed by atoms with E-state index in [2.05, 4.69) is 19.1 Å².